The number of benzene rings is 2. The van der Waals surface area contributed by atoms with Crippen LogP contribution in [-0.2, 0) is 6.54 Å². The molecule has 0 bridgehead atoms. The molecule has 0 saturated carbocycles. The molecule has 0 unspecified atom stereocenters. The predicted molar refractivity (Wildman–Crippen MR) is 139 cm³/mol. The van der Waals surface area contributed by atoms with E-state index in [0.717, 1.165) is 16.8 Å². The molecule has 0 fully saturated rings. The third-order valence-electron chi connectivity index (χ3n) is 5.52. The molecule has 0 atom stereocenters. The van der Waals surface area contributed by atoms with Crippen LogP contribution >= 0.6 is 0 Å². The van der Waals surface area contributed by atoms with E-state index in [4.69, 9.17) is 5.73 Å². The SMILES string of the molecule is CC(C)n1cc(-c2cncc(C(=O)C=C(N)c3ccc(CNc4ccccc4)cc3)n2)ccc1=O. The summed E-state index contributed by atoms with van der Waals surface area (Å²) in [6.07, 6.45) is 6.06. The number of ketones is 1. The molecule has 7 heteroatoms. The Kier molecular flexibility index (Phi) is 7.16. The highest BCUT2D eigenvalue weighted by Gasteiger charge is 2.11. The lowest BCUT2D eigenvalue weighted by Gasteiger charge is -2.11. The molecule has 2 aromatic heterocycles. The number of allylic oxidation sites excluding steroid dienone is 1. The van der Waals surface area contributed by atoms with Gasteiger partial charge in [-0.05, 0) is 43.2 Å². The zero-order valence-electron chi connectivity index (χ0n) is 19.7. The van der Waals surface area contributed by atoms with E-state index < -0.39 is 0 Å². The van der Waals surface area contributed by atoms with Crippen LogP contribution in [0.3, 0.4) is 0 Å². The van der Waals surface area contributed by atoms with Crippen molar-refractivity contribution >= 4 is 17.2 Å². The minimum Gasteiger partial charge on any atom is -0.398 e. The number of hydrogen-bond acceptors (Lipinski definition) is 6. The molecule has 35 heavy (non-hydrogen) atoms. The average Bonchev–Trinajstić information content (AvgIpc) is 2.88. The van der Waals surface area contributed by atoms with Crippen LogP contribution in [-0.4, -0.2) is 20.3 Å². The van der Waals surface area contributed by atoms with Gasteiger partial charge in [0.05, 0.1) is 18.1 Å². The van der Waals surface area contributed by atoms with Crippen molar-refractivity contribution < 1.29 is 4.79 Å². The number of nitrogens with one attached hydrogen (secondary N) is 1. The molecule has 0 amide bonds. The lowest BCUT2D eigenvalue weighted by molar-refractivity contribution is 0.104. The van der Waals surface area contributed by atoms with E-state index in [0.29, 0.717) is 23.5 Å². The molecular formula is C28H27N5O2. The lowest BCUT2D eigenvalue weighted by atomic mass is 10.1. The number of hydrogen-bond donors (Lipinski definition) is 2. The van der Waals surface area contributed by atoms with Crippen LogP contribution in [0.25, 0.3) is 17.0 Å². The third kappa shape index (κ3) is 5.89. The summed E-state index contributed by atoms with van der Waals surface area (Å²) in [4.78, 5) is 33.5. The molecule has 2 heterocycles. The van der Waals surface area contributed by atoms with Gasteiger partial charge in [-0.3, -0.25) is 14.6 Å². The van der Waals surface area contributed by atoms with Crippen LogP contribution in [0.2, 0.25) is 0 Å². The molecule has 3 N–H and O–H groups in total. The smallest absolute Gasteiger partial charge is 0.250 e. The van der Waals surface area contributed by atoms with Crippen LogP contribution in [0, 0.1) is 0 Å². The number of anilines is 1. The van der Waals surface area contributed by atoms with Crippen molar-refractivity contribution in [2.75, 3.05) is 5.32 Å². The number of carbonyl (C=O) groups is 1. The third-order valence-corrected chi connectivity index (χ3v) is 5.52. The number of nitrogens with two attached hydrogens (primary N) is 1. The van der Waals surface area contributed by atoms with Gasteiger partial charge in [0.1, 0.15) is 5.69 Å². The summed E-state index contributed by atoms with van der Waals surface area (Å²) in [7, 11) is 0. The van der Waals surface area contributed by atoms with Crippen molar-refractivity contribution in [1.29, 1.82) is 0 Å². The zero-order chi connectivity index (χ0) is 24.8. The van der Waals surface area contributed by atoms with Crippen LogP contribution in [0.5, 0.6) is 0 Å². The van der Waals surface area contributed by atoms with Gasteiger partial charge < -0.3 is 15.6 Å². The molecular weight excluding hydrogens is 438 g/mol. The van der Waals surface area contributed by atoms with E-state index in [2.05, 4.69) is 15.3 Å². The van der Waals surface area contributed by atoms with Crippen molar-refractivity contribution in [2.24, 2.45) is 5.73 Å². The van der Waals surface area contributed by atoms with Crippen LogP contribution in [0.15, 0.2) is 96.2 Å². The van der Waals surface area contributed by atoms with Crippen LogP contribution in [0.1, 0.15) is 41.5 Å². The van der Waals surface area contributed by atoms with Crippen molar-refractivity contribution in [2.45, 2.75) is 26.4 Å². The number of rotatable bonds is 8. The Morgan fingerprint density at radius 1 is 1.03 bits per heavy atom. The standard InChI is InChI=1S/C28H27N5O2/c1-19(2)33-18-22(12-13-28(33)35)25-16-30-17-26(32-25)27(34)14-24(29)21-10-8-20(9-11-21)15-31-23-6-4-3-5-7-23/h3-14,16-19,31H,15,29H2,1-2H3. The average molecular weight is 466 g/mol. The van der Waals surface area contributed by atoms with Gasteiger partial charge in [-0.15, -0.1) is 0 Å². The molecule has 0 radical (unpaired) electrons. The van der Waals surface area contributed by atoms with Gasteiger partial charge in [0.25, 0.3) is 5.56 Å². The van der Waals surface area contributed by atoms with Gasteiger partial charge in [0, 0.05) is 47.9 Å². The summed E-state index contributed by atoms with van der Waals surface area (Å²) in [6, 6.07) is 20.9. The van der Waals surface area contributed by atoms with Crippen LogP contribution < -0.4 is 16.6 Å². The molecule has 0 aliphatic heterocycles. The largest absolute Gasteiger partial charge is 0.398 e. The fourth-order valence-electron chi connectivity index (χ4n) is 3.56. The second-order valence-corrected chi connectivity index (χ2v) is 8.43. The van der Waals surface area contributed by atoms with E-state index >= 15 is 0 Å². The van der Waals surface area contributed by atoms with Crippen molar-refractivity contribution in [3.8, 4) is 11.3 Å². The fourth-order valence-corrected chi connectivity index (χ4v) is 3.56. The molecule has 176 valence electrons. The summed E-state index contributed by atoms with van der Waals surface area (Å²) in [6.45, 7) is 4.53. The van der Waals surface area contributed by atoms with E-state index in [9.17, 15) is 9.59 Å². The maximum Gasteiger partial charge on any atom is 0.250 e. The minimum atomic E-state index is -0.344. The number of nitrogens with zero attached hydrogens (tertiary/aromatic N) is 3. The topological polar surface area (TPSA) is 103 Å². The Bertz CT molecular complexity index is 1410. The Labute approximate surface area is 204 Å². The quantitative estimate of drug-likeness (QED) is 0.289. The van der Waals surface area contributed by atoms with Gasteiger partial charge in [-0.1, -0.05) is 42.5 Å². The molecule has 7 nitrogen and oxygen atoms in total. The van der Waals surface area contributed by atoms with Gasteiger partial charge >= 0.3 is 0 Å². The maximum atomic E-state index is 12.8. The molecule has 4 aromatic rings. The fraction of sp³-hybridized carbons (Fsp3) is 0.143. The first kappa shape index (κ1) is 23.6. The van der Waals surface area contributed by atoms with E-state index in [1.807, 2.05) is 68.4 Å². The molecule has 0 aliphatic carbocycles. The van der Waals surface area contributed by atoms with Crippen LogP contribution in [0.4, 0.5) is 5.69 Å². The van der Waals surface area contributed by atoms with E-state index in [1.165, 1.54) is 18.3 Å². The van der Waals surface area contributed by atoms with Gasteiger partial charge in [0.15, 0.2) is 0 Å². The molecule has 4 rings (SSSR count). The maximum absolute atomic E-state index is 12.8. The highest BCUT2D eigenvalue weighted by molar-refractivity contribution is 6.07. The lowest BCUT2D eigenvalue weighted by Crippen LogP contribution is -2.20. The summed E-state index contributed by atoms with van der Waals surface area (Å²) in [5.41, 5.74) is 10.7. The van der Waals surface area contributed by atoms with Crippen molar-refractivity contribution in [3.05, 3.63) is 119 Å². The summed E-state index contributed by atoms with van der Waals surface area (Å²) >= 11 is 0. The van der Waals surface area contributed by atoms with Gasteiger partial charge in [-0.25, -0.2) is 4.98 Å². The summed E-state index contributed by atoms with van der Waals surface area (Å²) in [5.74, 6) is -0.344. The first-order chi connectivity index (χ1) is 16.9. The van der Waals surface area contributed by atoms with E-state index in [1.54, 1.807) is 23.0 Å². The Hall–Kier alpha value is -4.52. The normalized spacial score (nSPS) is 11.5. The Balaban J connectivity index is 1.48. The zero-order valence-corrected chi connectivity index (χ0v) is 19.7. The number of pyridine rings is 1. The van der Waals surface area contributed by atoms with Crippen molar-refractivity contribution in [1.82, 2.24) is 14.5 Å². The highest BCUT2D eigenvalue weighted by atomic mass is 16.1. The Morgan fingerprint density at radius 3 is 2.49 bits per heavy atom. The summed E-state index contributed by atoms with van der Waals surface area (Å²) < 4.78 is 1.61. The highest BCUT2D eigenvalue weighted by Crippen LogP contribution is 2.18. The van der Waals surface area contributed by atoms with Gasteiger partial charge in [-0.2, -0.15) is 0 Å². The van der Waals surface area contributed by atoms with Crippen molar-refractivity contribution in [3.63, 3.8) is 0 Å². The molecule has 2 aromatic carbocycles. The second kappa shape index (κ2) is 10.6. The minimum absolute atomic E-state index is 0.00321. The molecule has 0 spiro atoms. The molecule has 0 aliphatic rings. The Morgan fingerprint density at radius 2 is 1.77 bits per heavy atom. The first-order valence-electron chi connectivity index (χ1n) is 11.3. The first-order valence-corrected chi connectivity index (χ1v) is 11.3. The van der Waals surface area contributed by atoms with E-state index in [-0.39, 0.29) is 23.1 Å². The number of carbonyl (C=O) groups excluding carboxylic acids is 1. The monoisotopic (exact) mass is 465 g/mol. The number of para-hydroxylation sites is 1. The number of aromatic nitrogens is 3. The predicted octanol–water partition coefficient (Wildman–Crippen LogP) is 4.68. The second-order valence-electron chi connectivity index (χ2n) is 8.43. The summed E-state index contributed by atoms with van der Waals surface area (Å²) in [5, 5.41) is 3.36. The van der Waals surface area contributed by atoms with Gasteiger partial charge in [0.2, 0.25) is 5.78 Å². The molecule has 0 saturated heterocycles.